The second kappa shape index (κ2) is 7.77. The van der Waals surface area contributed by atoms with Crippen LogP contribution in [0.5, 0.6) is 5.75 Å². The van der Waals surface area contributed by atoms with Crippen molar-refractivity contribution < 1.29 is 21.9 Å². The van der Waals surface area contributed by atoms with Crippen LogP contribution in [0, 0.1) is 0 Å². The Hall–Kier alpha value is -1.90. The van der Waals surface area contributed by atoms with Gasteiger partial charge in [0.1, 0.15) is 5.75 Å². The Balaban J connectivity index is 1.72. The number of para-hydroxylation sites is 1. The largest absolute Gasteiger partial charge is 0.433 e. The van der Waals surface area contributed by atoms with Crippen molar-refractivity contribution in [2.45, 2.75) is 11.5 Å². The lowest BCUT2D eigenvalue weighted by atomic mass is 10.2. The van der Waals surface area contributed by atoms with E-state index in [1.807, 2.05) is 30.3 Å². The number of anilines is 1. The predicted octanol–water partition coefficient (Wildman–Crippen LogP) is 3.45. The Kier molecular flexibility index (Phi) is 5.64. The van der Waals surface area contributed by atoms with Gasteiger partial charge in [0, 0.05) is 31.9 Å². The lowest BCUT2D eigenvalue weighted by molar-refractivity contribution is -0.0498. The molecule has 9 heteroatoms. The first-order chi connectivity index (χ1) is 12.4. The molecule has 26 heavy (non-hydrogen) atoms. The standard InChI is InChI=1S/C17H17ClF2N2O3S/c18-15-12-14(6-7-16(15)25-17(19)20)26(23,24)22-10-8-21(9-11-22)13-4-2-1-3-5-13/h1-7,12,17H,8-11H2. The molecule has 0 unspecified atom stereocenters. The zero-order valence-electron chi connectivity index (χ0n) is 13.7. The van der Waals surface area contributed by atoms with Gasteiger partial charge in [0.05, 0.1) is 9.92 Å². The van der Waals surface area contributed by atoms with Gasteiger partial charge in [0.15, 0.2) is 0 Å². The fourth-order valence-corrected chi connectivity index (χ4v) is 4.55. The van der Waals surface area contributed by atoms with Crippen molar-refractivity contribution in [2.75, 3.05) is 31.1 Å². The smallest absolute Gasteiger partial charge is 0.387 e. The Labute approximate surface area is 155 Å². The zero-order chi connectivity index (χ0) is 18.7. The van der Waals surface area contributed by atoms with Crippen molar-refractivity contribution in [3.05, 3.63) is 53.6 Å². The fraction of sp³-hybridized carbons (Fsp3) is 0.294. The second-order valence-corrected chi connectivity index (χ2v) is 8.04. The highest BCUT2D eigenvalue weighted by Gasteiger charge is 2.29. The van der Waals surface area contributed by atoms with Crippen LogP contribution >= 0.6 is 11.6 Å². The van der Waals surface area contributed by atoms with Gasteiger partial charge >= 0.3 is 6.61 Å². The van der Waals surface area contributed by atoms with Crippen LogP contribution in [0.25, 0.3) is 0 Å². The van der Waals surface area contributed by atoms with E-state index in [0.717, 1.165) is 17.8 Å². The van der Waals surface area contributed by atoms with E-state index in [1.165, 1.54) is 10.4 Å². The molecular weight excluding hydrogens is 386 g/mol. The summed E-state index contributed by atoms with van der Waals surface area (Å²) in [5.41, 5.74) is 1.04. The molecule has 1 saturated heterocycles. The summed E-state index contributed by atoms with van der Waals surface area (Å²) in [7, 11) is -3.76. The number of benzene rings is 2. The number of halogens is 3. The topological polar surface area (TPSA) is 49.9 Å². The molecule has 140 valence electrons. The van der Waals surface area contributed by atoms with Crippen LogP contribution in [0.15, 0.2) is 53.4 Å². The summed E-state index contributed by atoms with van der Waals surface area (Å²) < 4.78 is 55.7. The van der Waals surface area contributed by atoms with Crippen LogP contribution in [0.2, 0.25) is 5.02 Å². The van der Waals surface area contributed by atoms with Gasteiger partial charge in [0.2, 0.25) is 10.0 Å². The third-order valence-corrected chi connectivity index (χ3v) is 6.31. The van der Waals surface area contributed by atoms with Crippen LogP contribution in [0.4, 0.5) is 14.5 Å². The molecular formula is C17H17ClF2N2O3S. The lowest BCUT2D eigenvalue weighted by Crippen LogP contribution is -2.48. The molecule has 5 nitrogen and oxygen atoms in total. The molecule has 2 aromatic carbocycles. The number of alkyl halides is 2. The number of nitrogens with zero attached hydrogens (tertiary/aromatic N) is 2. The SMILES string of the molecule is O=S(=O)(c1ccc(OC(F)F)c(Cl)c1)N1CCN(c2ccccc2)CC1. The summed E-state index contributed by atoms with van der Waals surface area (Å²) >= 11 is 5.87. The second-order valence-electron chi connectivity index (χ2n) is 5.70. The molecule has 0 amide bonds. The molecule has 1 aliphatic heterocycles. The van der Waals surface area contributed by atoms with Crippen LogP contribution in [0.1, 0.15) is 0 Å². The average Bonchev–Trinajstić information content (AvgIpc) is 2.64. The molecule has 0 aliphatic carbocycles. The quantitative estimate of drug-likeness (QED) is 0.768. The molecule has 0 saturated carbocycles. The highest BCUT2D eigenvalue weighted by Crippen LogP contribution is 2.30. The fourth-order valence-electron chi connectivity index (χ4n) is 2.81. The number of hydrogen-bond donors (Lipinski definition) is 0. The maximum Gasteiger partial charge on any atom is 0.387 e. The predicted molar refractivity (Wildman–Crippen MR) is 95.5 cm³/mol. The van der Waals surface area contributed by atoms with E-state index in [9.17, 15) is 17.2 Å². The molecule has 3 rings (SSSR count). The van der Waals surface area contributed by atoms with E-state index in [2.05, 4.69) is 9.64 Å². The maximum absolute atomic E-state index is 12.8. The summed E-state index contributed by atoms with van der Waals surface area (Å²) in [6.07, 6.45) is 0. The third-order valence-electron chi connectivity index (χ3n) is 4.12. The van der Waals surface area contributed by atoms with Crippen LogP contribution in [-0.4, -0.2) is 45.5 Å². The highest BCUT2D eigenvalue weighted by atomic mass is 35.5. The van der Waals surface area contributed by atoms with E-state index in [4.69, 9.17) is 11.6 Å². The number of rotatable bonds is 5. The van der Waals surface area contributed by atoms with Gasteiger partial charge in [-0.1, -0.05) is 29.8 Å². The summed E-state index contributed by atoms with van der Waals surface area (Å²) in [5, 5.41) is -0.172. The molecule has 0 bridgehead atoms. The van der Waals surface area contributed by atoms with Crippen molar-refractivity contribution in [1.82, 2.24) is 4.31 Å². The summed E-state index contributed by atoms with van der Waals surface area (Å²) in [4.78, 5) is 2.07. The molecule has 1 heterocycles. The van der Waals surface area contributed by atoms with E-state index in [-0.39, 0.29) is 15.7 Å². The summed E-state index contributed by atoms with van der Waals surface area (Å²) in [6, 6.07) is 13.3. The van der Waals surface area contributed by atoms with E-state index in [0.29, 0.717) is 26.2 Å². The number of hydrogen-bond acceptors (Lipinski definition) is 4. The number of piperazine rings is 1. The molecule has 2 aromatic rings. The summed E-state index contributed by atoms with van der Waals surface area (Å²) in [6.45, 7) is -1.26. The normalized spacial score (nSPS) is 16.1. The van der Waals surface area contributed by atoms with E-state index in [1.54, 1.807) is 0 Å². The van der Waals surface area contributed by atoms with E-state index < -0.39 is 16.6 Å². The first-order valence-electron chi connectivity index (χ1n) is 7.92. The zero-order valence-corrected chi connectivity index (χ0v) is 15.3. The van der Waals surface area contributed by atoms with Gasteiger partial charge in [-0.2, -0.15) is 13.1 Å². The maximum atomic E-state index is 12.8. The van der Waals surface area contributed by atoms with Crippen molar-refractivity contribution >= 4 is 27.3 Å². The molecule has 0 radical (unpaired) electrons. The van der Waals surface area contributed by atoms with Gasteiger partial charge in [-0.3, -0.25) is 0 Å². The van der Waals surface area contributed by atoms with Crippen LogP contribution in [0.3, 0.4) is 0 Å². The Morgan fingerprint density at radius 3 is 2.23 bits per heavy atom. The lowest BCUT2D eigenvalue weighted by Gasteiger charge is -2.35. The van der Waals surface area contributed by atoms with Crippen molar-refractivity contribution in [2.24, 2.45) is 0 Å². The van der Waals surface area contributed by atoms with Crippen molar-refractivity contribution in [3.8, 4) is 5.75 Å². The Morgan fingerprint density at radius 1 is 1.00 bits per heavy atom. The highest BCUT2D eigenvalue weighted by molar-refractivity contribution is 7.89. The van der Waals surface area contributed by atoms with Crippen molar-refractivity contribution in [3.63, 3.8) is 0 Å². The molecule has 0 aromatic heterocycles. The van der Waals surface area contributed by atoms with Gasteiger partial charge in [-0.15, -0.1) is 0 Å². The van der Waals surface area contributed by atoms with Gasteiger partial charge in [-0.25, -0.2) is 8.42 Å². The first-order valence-corrected chi connectivity index (χ1v) is 9.74. The van der Waals surface area contributed by atoms with Crippen molar-refractivity contribution in [1.29, 1.82) is 0 Å². The molecule has 0 spiro atoms. The van der Waals surface area contributed by atoms with Gasteiger partial charge in [-0.05, 0) is 30.3 Å². The Morgan fingerprint density at radius 2 is 1.65 bits per heavy atom. The minimum atomic E-state index is -3.76. The van der Waals surface area contributed by atoms with Crippen LogP contribution in [-0.2, 0) is 10.0 Å². The van der Waals surface area contributed by atoms with Gasteiger partial charge in [0.25, 0.3) is 0 Å². The minimum Gasteiger partial charge on any atom is -0.433 e. The average molecular weight is 403 g/mol. The number of ether oxygens (including phenoxy) is 1. The van der Waals surface area contributed by atoms with Gasteiger partial charge < -0.3 is 9.64 Å². The number of sulfonamides is 1. The summed E-state index contributed by atoms with van der Waals surface area (Å²) in [5.74, 6) is -0.255. The molecule has 1 aliphatic rings. The minimum absolute atomic E-state index is 0.0442. The molecule has 1 fully saturated rings. The Bertz CT molecular complexity index is 858. The molecule has 0 atom stereocenters. The third kappa shape index (κ3) is 4.08. The molecule has 0 N–H and O–H groups in total. The van der Waals surface area contributed by atoms with Crippen LogP contribution < -0.4 is 9.64 Å². The van der Waals surface area contributed by atoms with E-state index >= 15 is 0 Å². The monoisotopic (exact) mass is 402 g/mol. The first kappa shape index (κ1) is 18.9.